The quantitative estimate of drug-likeness (QED) is 0.742. The molecule has 0 aliphatic carbocycles. The van der Waals surface area contributed by atoms with Gasteiger partial charge in [0.05, 0.1) is 5.52 Å². The summed E-state index contributed by atoms with van der Waals surface area (Å²) >= 11 is 5.65. The number of benzene rings is 1. The van der Waals surface area contributed by atoms with Crippen LogP contribution in [0.5, 0.6) is 0 Å². The molecule has 0 atom stereocenters. The van der Waals surface area contributed by atoms with Crippen LogP contribution in [0.1, 0.15) is 0 Å². The number of para-hydroxylation sites is 1. The molecule has 15 heavy (non-hydrogen) atoms. The number of alkyl halides is 1. The van der Waals surface area contributed by atoms with Crippen molar-refractivity contribution in [1.29, 1.82) is 0 Å². The van der Waals surface area contributed by atoms with Crippen molar-refractivity contribution >= 4 is 28.6 Å². The molecule has 1 aromatic carbocycles. The summed E-state index contributed by atoms with van der Waals surface area (Å²) in [4.78, 5) is 6.27. The van der Waals surface area contributed by atoms with Crippen LogP contribution in [0.25, 0.3) is 11.0 Å². The Hall–Kier alpha value is -1.42. The first-order valence-corrected chi connectivity index (χ1v) is 5.21. The molecule has 2 rings (SSSR count). The number of nitrogens with zero attached hydrogens (tertiary/aromatic N) is 4. The summed E-state index contributed by atoms with van der Waals surface area (Å²) < 4.78 is 0. The van der Waals surface area contributed by atoms with Crippen LogP contribution in [0, 0.1) is 0 Å². The van der Waals surface area contributed by atoms with Crippen LogP contribution >= 0.6 is 11.6 Å². The molecule has 78 valence electrons. The highest BCUT2D eigenvalue weighted by atomic mass is 35.5. The molecule has 4 nitrogen and oxygen atoms in total. The summed E-state index contributed by atoms with van der Waals surface area (Å²) in [5.74, 6) is 1.15. The average Bonchev–Trinajstić information content (AvgIpc) is 2.29. The van der Waals surface area contributed by atoms with Crippen molar-refractivity contribution in [3.8, 4) is 0 Å². The fourth-order valence-electron chi connectivity index (χ4n) is 1.26. The zero-order valence-corrected chi connectivity index (χ0v) is 9.15. The summed E-state index contributed by atoms with van der Waals surface area (Å²) in [6.45, 7) is 0.710. The summed E-state index contributed by atoms with van der Waals surface area (Å²) in [5.41, 5.74) is 1.66. The molecule has 0 saturated carbocycles. The number of rotatable bonds is 3. The van der Waals surface area contributed by atoms with Gasteiger partial charge in [0.2, 0.25) is 5.95 Å². The van der Waals surface area contributed by atoms with E-state index in [0.29, 0.717) is 18.4 Å². The van der Waals surface area contributed by atoms with Gasteiger partial charge in [-0.1, -0.05) is 12.1 Å². The van der Waals surface area contributed by atoms with Crippen molar-refractivity contribution in [2.24, 2.45) is 0 Å². The van der Waals surface area contributed by atoms with Crippen LogP contribution in [-0.4, -0.2) is 34.7 Å². The van der Waals surface area contributed by atoms with E-state index < -0.39 is 0 Å². The Kier molecular flexibility index (Phi) is 2.97. The summed E-state index contributed by atoms with van der Waals surface area (Å²) in [7, 11) is 1.90. The molecule has 5 heteroatoms. The number of aromatic nitrogens is 3. The van der Waals surface area contributed by atoms with Gasteiger partial charge in [0, 0.05) is 19.5 Å². The first-order valence-electron chi connectivity index (χ1n) is 4.68. The maximum absolute atomic E-state index is 5.65. The second-order valence-electron chi connectivity index (χ2n) is 3.21. The zero-order valence-electron chi connectivity index (χ0n) is 8.39. The van der Waals surface area contributed by atoms with Crippen LogP contribution in [0.2, 0.25) is 0 Å². The molecule has 0 amide bonds. The Labute approximate surface area is 92.9 Å². The van der Waals surface area contributed by atoms with Crippen molar-refractivity contribution < 1.29 is 0 Å². The maximum Gasteiger partial charge on any atom is 0.245 e. The summed E-state index contributed by atoms with van der Waals surface area (Å²) in [5, 5.41) is 8.12. The predicted octanol–water partition coefficient (Wildman–Crippen LogP) is 1.70. The van der Waals surface area contributed by atoms with E-state index in [9.17, 15) is 0 Å². The number of halogens is 1. The number of anilines is 1. The monoisotopic (exact) mass is 222 g/mol. The molecular weight excluding hydrogens is 212 g/mol. The van der Waals surface area contributed by atoms with Crippen molar-refractivity contribution in [3.63, 3.8) is 0 Å². The SMILES string of the molecule is CN(CCCl)c1nnc2ccccc2n1. The van der Waals surface area contributed by atoms with Crippen molar-refractivity contribution in [3.05, 3.63) is 24.3 Å². The maximum atomic E-state index is 5.65. The largest absolute Gasteiger partial charge is 0.341 e. The van der Waals surface area contributed by atoms with E-state index in [4.69, 9.17) is 11.6 Å². The zero-order chi connectivity index (χ0) is 10.7. The topological polar surface area (TPSA) is 41.9 Å². The van der Waals surface area contributed by atoms with Gasteiger partial charge in [0.25, 0.3) is 0 Å². The molecule has 0 spiro atoms. The minimum atomic E-state index is 0.548. The molecular formula is C10H11ClN4. The molecule has 0 aliphatic rings. The molecule has 0 N–H and O–H groups in total. The smallest absolute Gasteiger partial charge is 0.245 e. The van der Waals surface area contributed by atoms with Crippen molar-refractivity contribution in [2.75, 3.05) is 24.4 Å². The summed E-state index contributed by atoms with van der Waals surface area (Å²) in [6, 6.07) is 7.66. The van der Waals surface area contributed by atoms with E-state index in [-0.39, 0.29) is 0 Å². The van der Waals surface area contributed by atoms with Gasteiger partial charge < -0.3 is 4.90 Å². The van der Waals surface area contributed by atoms with E-state index in [0.717, 1.165) is 11.0 Å². The molecule has 0 fully saturated rings. The van der Waals surface area contributed by atoms with Gasteiger partial charge in [0.15, 0.2) is 0 Å². The second-order valence-corrected chi connectivity index (χ2v) is 3.59. The minimum absolute atomic E-state index is 0.548. The summed E-state index contributed by atoms with van der Waals surface area (Å²) in [6.07, 6.45) is 0. The lowest BCUT2D eigenvalue weighted by molar-refractivity contribution is 0.876. The predicted molar refractivity (Wildman–Crippen MR) is 61.3 cm³/mol. The van der Waals surface area contributed by atoms with Gasteiger partial charge in [-0.25, -0.2) is 4.98 Å². The van der Waals surface area contributed by atoms with Crippen LogP contribution in [0.3, 0.4) is 0 Å². The van der Waals surface area contributed by atoms with Gasteiger partial charge >= 0.3 is 0 Å². The van der Waals surface area contributed by atoms with E-state index in [1.807, 2.05) is 36.2 Å². The third kappa shape index (κ3) is 2.15. The first-order chi connectivity index (χ1) is 7.31. The standard InChI is InChI=1S/C10H11ClN4/c1-15(7-6-11)10-12-8-4-2-3-5-9(8)13-14-10/h2-5H,6-7H2,1H3. The number of hydrogen-bond donors (Lipinski definition) is 0. The Balaban J connectivity index is 2.38. The van der Waals surface area contributed by atoms with Gasteiger partial charge in [-0.05, 0) is 12.1 Å². The van der Waals surface area contributed by atoms with Crippen LogP contribution in [0.15, 0.2) is 24.3 Å². The molecule has 1 heterocycles. The third-order valence-electron chi connectivity index (χ3n) is 2.11. The Morgan fingerprint density at radius 2 is 1.93 bits per heavy atom. The van der Waals surface area contributed by atoms with Crippen LogP contribution < -0.4 is 4.90 Å². The Morgan fingerprint density at radius 3 is 2.67 bits per heavy atom. The molecule has 1 aromatic heterocycles. The van der Waals surface area contributed by atoms with E-state index in [2.05, 4.69) is 15.2 Å². The fraction of sp³-hybridized carbons (Fsp3) is 0.300. The van der Waals surface area contributed by atoms with Gasteiger partial charge in [-0.2, -0.15) is 0 Å². The lowest BCUT2D eigenvalue weighted by Crippen LogP contribution is -2.22. The second kappa shape index (κ2) is 4.40. The van der Waals surface area contributed by atoms with E-state index >= 15 is 0 Å². The Morgan fingerprint density at radius 1 is 1.20 bits per heavy atom. The highest BCUT2D eigenvalue weighted by Crippen LogP contribution is 2.10. The lowest BCUT2D eigenvalue weighted by atomic mass is 10.3. The average molecular weight is 223 g/mol. The Bertz CT molecular complexity index is 460. The number of fused-ring (bicyclic) bond motifs is 1. The van der Waals surface area contributed by atoms with E-state index in [1.165, 1.54) is 0 Å². The molecule has 0 unspecified atom stereocenters. The normalized spacial score (nSPS) is 10.5. The molecule has 0 saturated heterocycles. The lowest BCUT2D eigenvalue weighted by Gasteiger charge is -2.14. The van der Waals surface area contributed by atoms with E-state index in [1.54, 1.807) is 0 Å². The van der Waals surface area contributed by atoms with Gasteiger partial charge in [-0.3, -0.25) is 0 Å². The fourth-order valence-corrected chi connectivity index (χ4v) is 1.51. The van der Waals surface area contributed by atoms with Crippen LogP contribution in [-0.2, 0) is 0 Å². The molecule has 0 bridgehead atoms. The number of hydrogen-bond acceptors (Lipinski definition) is 4. The van der Waals surface area contributed by atoms with Gasteiger partial charge in [-0.15, -0.1) is 21.8 Å². The highest BCUT2D eigenvalue weighted by Gasteiger charge is 2.05. The third-order valence-corrected chi connectivity index (χ3v) is 2.28. The first kappa shape index (κ1) is 10.1. The van der Waals surface area contributed by atoms with Crippen molar-refractivity contribution in [2.45, 2.75) is 0 Å². The molecule has 0 radical (unpaired) electrons. The van der Waals surface area contributed by atoms with Gasteiger partial charge in [0.1, 0.15) is 5.52 Å². The van der Waals surface area contributed by atoms with Crippen molar-refractivity contribution in [1.82, 2.24) is 15.2 Å². The molecule has 2 aromatic rings. The minimum Gasteiger partial charge on any atom is -0.341 e. The van der Waals surface area contributed by atoms with Crippen LogP contribution in [0.4, 0.5) is 5.95 Å². The highest BCUT2D eigenvalue weighted by molar-refractivity contribution is 6.18. The molecule has 0 aliphatic heterocycles.